The number of carbonyl (C=O) groups excluding carboxylic acids is 3. The van der Waals surface area contributed by atoms with E-state index in [1.165, 1.54) is 0 Å². The molecule has 162 valence electrons. The standard InChI is InChI=1S/C20H38N4O3S/c1-15(2)24-19(27)11-5-4-8-12-22-18(26)10-7-6-9-17-20(23-14-25)16(21-3)13-28-17/h14-17,20-21H,4-13H2,1-3H3,(H,22,26)(H,23,25)(H,24,27)/t16-,17?,20-/m0/s1. The second-order valence-corrected chi connectivity index (χ2v) is 8.98. The molecule has 0 spiro atoms. The van der Waals surface area contributed by atoms with Crippen LogP contribution in [0.1, 0.15) is 65.2 Å². The van der Waals surface area contributed by atoms with Gasteiger partial charge in [-0.15, -0.1) is 0 Å². The summed E-state index contributed by atoms with van der Waals surface area (Å²) in [5.41, 5.74) is 0. The molecule has 0 aromatic heterocycles. The van der Waals surface area contributed by atoms with Crippen molar-refractivity contribution in [2.24, 2.45) is 0 Å². The van der Waals surface area contributed by atoms with Crippen LogP contribution in [0.4, 0.5) is 0 Å². The van der Waals surface area contributed by atoms with Gasteiger partial charge in [0.15, 0.2) is 0 Å². The molecule has 0 bridgehead atoms. The highest BCUT2D eigenvalue weighted by Crippen LogP contribution is 2.31. The summed E-state index contributed by atoms with van der Waals surface area (Å²) >= 11 is 1.90. The number of hydrogen-bond donors (Lipinski definition) is 4. The molecule has 7 nitrogen and oxygen atoms in total. The van der Waals surface area contributed by atoms with Crippen molar-refractivity contribution < 1.29 is 14.4 Å². The van der Waals surface area contributed by atoms with Gasteiger partial charge in [0, 0.05) is 42.5 Å². The number of hydrogen-bond acceptors (Lipinski definition) is 5. The molecule has 4 N–H and O–H groups in total. The van der Waals surface area contributed by atoms with E-state index in [0.717, 1.165) is 50.7 Å². The van der Waals surface area contributed by atoms with Gasteiger partial charge in [0.1, 0.15) is 0 Å². The van der Waals surface area contributed by atoms with Crippen LogP contribution < -0.4 is 21.3 Å². The zero-order chi connectivity index (χ0) is 20.8. The molecule has 1 aliphatic rings. The topological polar surface area (TPSA) is 99.3 Å². The molecule has 8 heteroatoms. The summed E-state index contributed by atoms with van der Waals surface area (Å²) in [6.07, 6.45) is 7.48. The Morgan fingerprint density at radius 2 is 1.79 bits per heavy atom. The van der Waals surface area contributed by atoms with Crippen LogP contribution in [0.15, 0.2) is 0 Å². The lowest BCUT2D eigenvalue weighted by Crippen LogP contribution is -2.48. The third kappa shape index (κ3) is 10.3. The maximum Gasteiger partial charge on any atom is 0.220 e. The Labute approximate surface area is 173 Å². The lowest BCUT2D eigenvalue weighted by molar-refractivity contribution is -0.122. The first-order valence-electron chi connectivity index (χ1n) is 10.5. The third-order valence-corrected chi connectivity index (χ3v) is 6.46. The van der Waals surface area contributed by atoms with Crippen LogP contribution in [-0.2, 0) is 14.4 Å². The molecule has 1 fully saturated rings. The van der Waals surface area contributed by atoms with Crippen LogP contribution >= 0.6 is 11.8 Å². The van der Waals surface area contributed by atoms with Crippen molar-refractivity contribution in [3.8, 4) is 0 Å². The molecule has 0 saturated carbocycles. The molecule has 0 radical (unpaired) electrons. The van der Waals surface area contributed by atoms with E-state index in [1.807, 2.05) is 32.7 Å². The monoisotopic (exact) mass is 414 g/mol. The fourth-order valence-corrected chi connectivity index (χ4v) is 5.09. The van der Waals surface area contributed by atoms with Gasteiger partial charge in [0.2, 0.25) is 18.2 Å². The largest absolute Gasteiger partial charge is 0.356 e. The summed E-state index contributed by atoms with van der Waals surface area (Å²) in [4.78, 5) is 34.2. The van der Waals surface area contributed by atoms with Crippen LogP contribution in [0.25, 0.3) is 0 Å². The van der Waals surface area contributed by atoms with E-state index in [1.54, 1.807) is 0 Å². The fourth-order valence-electron chi connectivity index (χ4n) is 3.45. The Hall–Kier alpha value is -1.28. The highest BCUT2D eigenvalue weighted by molar-refractivity contribution is 8.00. The minimum atomic E-state index is 0.103. The molecular weight excluding hydrogens is 376 g/mol. The van der Waals surface area contributed by atoms with Crippen molar-refractivity contribution in [1.29, 1.82) is 0 Å². The van der Waals surface area contributed by atoms with Crippen molar-refractivity contribution in [2.45, 2.75) is 88.6 Å². The molecule has 0 aromatic rings. The van der Waals surface area contributed by atoms with Crippen molar-refractivity contribution >= 4 is 30.0 Å². The predicted octanol–water partition coefficient (Wildman–Crippen LogP) is 1.57. The quantitative estimate of drug-likeness (QED) is 0.241. The minimum Gasteiger partial charge on any atom is -0.356 e. The lowest BCUT2D eigenvalue weighted by atomic mass is 10.0. The third-order valence-electron chi connectivity index (χ3n) is 4.95. The molecule has 1 rings (SSSR count). The SMILES string of the molecule is CN[C@H]1CSC(CCCCC(=O)NCCCCCC(=O)NC(C)C)[C@H]1NC=O. The molecule has 1 heterocycles. The van der Waals surface area contributed by atoms with Gasteiger partial charge < -0.3 is 21.3 Å². The first-order valence-corrected chi connectivity index (χ1v) is 11.6. The van der Waals surface area contributed by atoms with Gasteiger partial charge in [-0.1, -0.05) is 12.8 Å². The van der Waals surface area contributed by atoms with E-state index < -0.39 is 0 Å². The fraction of sp³-hybridized carbons (Fsp3) is 0.850. The van der Waals surface area contributed by atoms with Gasteiger partial charge in [-0.25, -0.2) is 0 Å². The van der Waals surface area contributed by atoms with Gasteiger partial charge in [0.25, 0.3) is 0 Å². The number of carbonyl (C=O) groups is 3. The van der Waals surface area contributed by atoms with Crippen molar-refractivity contribution in [3.63, 3.8) is 0 Å². The van der Waals surface area contributed by atoms with E-state index in [-0.39, 0.29) is 23.9 Å². The molecule has 1 saturated heterocycles. The maximum atomic E-state index is 11.9. The zero-order valence-corrected chi connectivity index (χ0v) is 18.4. The Morgan fingerprint density at radius 1 is 1.07 bits per heavy atom. The predicted molar refractivity (Wildman–Crippen MR) is 115 cm³/mol. The van der Waals surface area contributed by atoms with E-state index >= 15 is 0 Å². The summed E-state index contributed by atoms with van der Waals surface area (Å²) in [6, 6.07) is 0.680. The van der Waals surface area contributed by atoms with E-state index in [2.05, 4.69) is 21.3 Å². The van der Waals surface area contributed by atoms with E-state index in [9.17, 15) is 14.4 Å². The molecule has 1 unspecified atom stereocenters. The Morgan fingerprint density at radius 3 is 2.46 bits per heavy atom. The van der Waals surface area contributed by atoms with Gasteiger partial charge in [-0.05, 0) is 46.6 Å². The van der Waals surface area contributed by atoms with Crippen molar-refractivity contribution in [2.75, 3.05) is 19.3 Å². The second-order valence-electron chi connectivity index (χ2n) is 7.71. The minimum absolute atomic E-state index is 0.103. The van der Waals surface area contributed by atoms with Crippen LogP contribution in [0.2, 0.25) is 0 Å². The van der Waals surface area contributed by atoms with Crippen LogP contribution in [-0.4, -0.2) is 60.9 Å². The number of unbranched alkanes of at least 4 members (excludes halogenated alkanes) is 3. The lowest BCUT2D eigenvalue weighted by Gasteiger charge is -2.22. The average molecular weight is 415 g/mol. The number of likely N-dealkylation sites (N-methyl/N-ethyl adjacent to an activating group) is 1. The van der Waals surface area contributed by atoms with Gasteiger partial charge in [-0.2, -0.15) is 11.8 Å². The highest BCUT2D eigenvalue weighted by Gasteiger charge is 2.35. The van der Waals surface area contributed by atoms with E-state index in [4.69, 9.17) is 0 Å². The molecular formula is C20H38N4O3S. The van der Waals surface area contributed by atoms with Crippen LogP contribution in [0.3, 0.4) is 0 Å². The van der Waals surface area contributed by atoms with Crippen LogP contribution in [0, 0.1) is 0 Å². The van der Waals surface area contributed by atoms with Gasteiger partial charge in [0.05, 0.1) is 6.04 Å². The molecule has 3 atom stereocenters. The molecule has 3 amide bonds. The smallest absolute Gasteiger partial charge is 0.220 e. The van der Waals surface area contributed by atoms with E-state index in [0.29, 0.717) is 30.7 Å². The average Bonchev–Trinajstić information content (AvgIpc) is 3.03. The van der Waals surface area contributed by atoms with Gasteiger partial charge in [-0.3, -0.25) is 14.4 Å². The zero-order valence-electron chi connectivity index (χ0n) is 17.6. The summed E-state index contributed by atoms with van der Waals surface area (Å²) in [5.74, 6) is 1.21. The first kappa shape index (κ1) is 24.8. The molecule has 0 aromatic carbocycles. The first-order chi connectivity index (χ1) is 13.5. The normalized spacial score (nSPS) is 21.5. The summed E-state index contributed by atoms with van der Waals surface area (Å²) in [6.45, 7) is 4.59. The summed E-state index contributed by atoms with van der Waals surface area (Å²) < 4.78 is 0. The summed E-state index contributed by atoms with van der Waals surface area (Å²) in [7, 11) is 1.93. The Balaban J connectivity index is 2.02. The summed E-state index contributed by atoms with van der Waals surface area (Å²) in [5, 5.41) is 12.5. The van der Waals surface area contributed by atoms with Crippen molar-refractivity contribution in [1.82, 2.24) is 21.3 Å². The second kappa shape index (κ2) is 14.7. The maximum absolute atomic E-state index is 11.9. The number of rotatable bonds is 15. The number of nitrogens with one attached hydrogen (secondary N) is 4. The Kier molecular flexibility index (Phi) is 13.0. The molecule has 0 aliphatic carbocycles. The number of thioether (sulfide) groups is 1. The van der Waals surface area contributed by atoms with Crippen LogP contribution in [0.5, 0.6) is 0 Å². The highest BCUT2D eigenvalue weighted by atomic mass is 32.2. The van der Waals surface area contributed by atoms with Crippen molar-refractivity contribution in [3.05, 3.63) is 0 Å². The molecule has 1 aliphatic heterocycles. The molecule has 28 heavy (non-hydrogen) atoms. The van der Waals surface area contributed by atoms with Gasteiger partial charge >= 0.3 is 0 Å². The number of amides is 3. The Bertz CT molecular complexity index is 476.